The summed E-state index contributed by atoms with van der Waals surface area (Å²) in [6, 6.07) is 9.94. The quantitative estimate of drug-likeness (QED) is 0.784. The number of hydrogen-bond acceptors (Lipinski definition) is 6. The Labute approximate surface area is 110 Å². The van der Waals surface area contributed by atoms with Gasteiger partial charge in [-0.15, -0.1) is 22.9 Å². The van der Waals surface area contributed by atoms with E-state index < -0.39 is 4.99 Å². The molecule has 0 bridgehead atoms. The van der Waals surface area contributed by atoms with Crippen LogP contribution in [0, 0.1) is 0 Å². The molecule has 1 aromatic carbocycles. The molecule has 1 N–H and O–H groups in total. The first kappa shape index (κ1) is 12.7. The van der Waals surface area contributed by atoms with Gasteiger partial charge in [0.25, 0.3) is 0 Å². The van der Waals surface area contributed by atoms with Gasteiger partial charge in [-0.2, -0.15) is 0 Å². The summed E-state index contributed by atoms with van der Waals surface area (Å²) in [5, 5.41) is 16.8. The number of hydrogen-bond donors (Lipinski definition) is 2. The van der Waals surface area contributed by atoms with E-state index >= 15 is 0 Å². The van der Waals surface area contributed by atoms with E-state index in [2.05, 4.69) is 38.6 Å². The second-order valence-corrected chi connectivity index (χ2v) is 4.63. The van der Waals surface area contributed by atoms with Crippen molar-refractivity contribution in [3.8, 4) is 0 Å². The molecule has 7 heteroatoms. The van der Waals surface area contributed by atoms with E-state index in [9.17, 15) is 4.79 Å². The molecule has 0 aromatic heterocycles. The van der Waals surface area contributed by atoms with E-state index in [0.29, 0.717) is 6.54 Å². The summed E-state index contributed by atoms with van der Waals surface area (Å²) in [5.74, 6) is -0.166. The van der Waals surface area contributed by atoms with Gasteiger partial charge in [0.2, 0.25) is 10.9 Å². The molecular weight excluding hydrogens is 250 g/mol. The molecule has 1 heterocycles. The SMILES string of the molecule is O=C(CC1(S)N=NN=N1)NCCc1ccccc1. The van der Waals surface area contributed by atoms with Crippen molar-refractivity contribution in [2.24, 2.45) is 20.7 Å². The summed E-state index contributed by atoms with van der Waals surface area (Å²) >= 11 is 4.13. The fourth-order valence-electron chi connectivity index (χ4n) is 1.54. The molecule has 1 amide bonds. The number of carbonyl (C=O) groups excluding carboxylic acids is 1. The minimum absolute atomic E-state index is 0.0396. The smallest absolute Gasteiger partial charge is 0.246 e. The zero-order chi connectivity index (χ0) is 12.8. The maximum absolute atomic E-state index is 11.6. The maximum Gasteiger partial charge on any atom is 0.246 e. The van der Waals surface area contributed by atoms with Gasteiger partial charge >= 0.3 is 0 Å². The van der Waals surface area contributed by atoms with Crippen LogP contribution in [-0.4, -0.2) is 17.4 Å². The molecule has 0 atom stereocenters. The fraction of sp³-hybridized carbons (Fsp3) is 0.364. The highest BCUT2D eigenvalue weighted by atomic mass is 32.1. The Kier molecular flexibility index (Phi) is 4.03. The highest BCUT2D eigenvalue weighted by molar-refractivity contribution is 7.81. The van der Waals surface area contributed by atoms with Crippen molar-refractivity contribution in [3.63, 3.8) is 0 Å². The molecule has 0 saturated carbocycles. The monoisotopic (exact) mass is 263 g/mol. The van der Waals surface area contributed by atoms with Gasteiger partial charge in [-0.3, -0.25) is 4.79 Å². The molecule has 0 radical (unpaired) electrons. The van der Waals surface area contributed by atoms with Crippen LogP contribution in [0.2, 0.25) is 0 Å². The van der Waals surface area contributed by atoms with Crippen LogP contribution >= 0.6 is 12.6 Å². The normalized spacial score (nSPS) is 15.8. The minimum atomic E-state index is -1.13. The Morgan fingerprint density at radius 1 is 1.22 bits per heavy atom. The van der Waals surface area contributed by atoms with Gasteiger partial charge in [0.1, 0.15) is 0 Å². The molecule has 6 nitrogen and oxygen atoms in total. The summed E-state index contributed by atoms with van der Waals surface area (Å²) in [4.78, 5) is 10.5. The average Bonchev–Trinajstić information content (AvgIpc) is 2.77. The molecular formula is C11H13N5OS. The predicted octanol–water partition coefficient (Wildman–Crippen LogP) is 2.15. The number of thiol groups is 1. The summed E-state index contributed by atoms with van der Waals surface area (Å²) in [7, 11) is 0. The lowest BCUT2D eigenvalue weighted by Gasteiger charge is -2.12. The topological polar surface area (TPSA) is 78.5 Å². The van der Waals surface area contributed by atoms with Gasteiger partial charge in [-0.25, -0.2) is 0 Å². The van der Waals surface area contributed by atoms with Gasteiger partial charge in [0, 0.05) is 6.54 Å². The summed E-state index contributed by atoms with van der Waals surface area (Å²) in [6.07, 6.45) is 0.826. The molecule has 1 aliphatic heterocycles. The second kappa shape index (κ2) is 5.72. The number of carbonyl (C=O) groups is 1. The molecule has 1 aliphatic rings. The molecule has 18 heavy (non-hydrogen) atoms. The van der Waals surface area contributed by atoms with E-state index in [0.717, 1.165) is 6.42 Å². The van der Waals surface area contributed by atoms with Crippen LogP contribution in [0.5, 0.6) is 0 Å². The second-order valence-electron chi connectivity index (χ2n) is 3.92. The van der Waals surface area contributed by atoms with Gasteiger partial charge in [-0.05, 0) is 22.4 Å². The van der Waals surface area contributed by atoms with Crippen molar-refractivity contribution in [1.29, 1.82) is 0 Å². The lowest BCUT2D eigenvalue weighted by molar-refractivity contribution is -0.121. The van der Waals surface area contributed by atoms with E-state index in [1.807, 2.05) is 30.3 Å². The Balaban J connectivity index is 1.73. The first-order valence-corrected chi connectivity index (χ1v) is 6.00. The summed E-state index contributed by atoms with van der Waals surface area (Å²) in [5.41, 5.74) is 1.18. The van der Waals surface area contributed by atoms with Crippen molar-refractivity contribution >= 4 is 18.5 Å². The van der Waals surface area contributed by atoms with E-state index in [4.69, 9.17) is 0 Å². The van der Waals surface area contributed by atoms with Crippen LogP contribution < -0.4 is 5.32 Å². The number of rotatable bonds is 5. The van der Waals surface area contributed by atoms with Crippen LogP contribution in [0.25, 0.3) is 0 Å². The molecule has 94 valence electrons. The molecule has 1 aromatic rings. The Hall–Kier alpha value is -1.76. The van der Waals surface area contributed by atoms with E-state index in [1.165, 1.54) is 5.56 Å². The van der Waals surface area contributed by atoms with Crippen molar-refractivity contribution in [2.75, 3.05) is 6.54 Å². The fourth-order valence-corrected chi connectivity index (χ4v) is 1.77. The standard InChI is InChI=1S/C11H13N5OS/c17-10(8-11(18)13-15-16-14-11)12-7-6-9-4-2-1-3-5-9/h1-5,18H,6-8H2,(H,12,17). The molecule has 2 rings (SSSR count). The number of amides is 1. The number of benzene rings is 1. The highest BCUT2D eigenvalue weighted by Crippen LogP contribution is 2.27. The molecule has 0 fully saturated rings. The van der Waals surface area contributed by atoms with Gasteiger partial charge in [0.15, 0.2) is 0 Å². The third-order valence-electron chi connectivity index (χ3n) is 2.43. The van der Waals surface area contributed by atoms with Crippen LogP contribution in [0.1, 0.15) is 12.0 Å². The molecule has 0 spiro atoms. The molecule has 0 aliphatic carbocycles. The minimum Gasteiger partial charge on any atom is -0.356 e. The van der Waals surface area contributed by atoms with Crippen LogP contribution in [0.3, 0.4) is 0 Å². The first-order valence-electron chi connectivity index (χ1n) is 5.55. The summed E-state index contributed by atoms with van der Waals surface area (Å²) in [6.45, 7) is 0.570. The Morgan fingerprint density at radius 3 is 2.56 bits per heavy atom. The van der Waals surface area contributed by atoms with Gasteiger partial charge in [0.05, 0.1) is 6.42 Å². The maximum atomic E-state index is 11.6. The predicted molar refractivity (Wildman–Crippen MR) is 69.2 cm³/mol. The van der Waals surface area contributed by atoms with Gasteiger partial charge < -0.3 is 5.32 Å². The van der Waals surface area contributed by atoms with Crippen molar-refractivity contribution < 1.29 is 4.79 Å². The van der Waals surface area contributed by atoms with E-state index in [1.54, 1.807) is 0 Å². The van der Waals surface area contributed by atoms with Crippen molar-refractivity contribution in [2.45, 2.75) is 17.8 Å². The van der Waals surface area contributed by atoms with Crippen LogP contribution in [0.15, 0.2) is 51.0 Å². The summed E-state index contributed by atoms with van der Waals surface area (Å²) < 4.78 is 0. The lowest BCUT2D eigenvalue weighted by Crippen LogP contribution is -2.31. The lowest BCUT2D eigenvalue weighted by atomic mass is 10.1. The Morgan fingerprint density at radius 2 is 1.89 bits per heavy atom. The number of nitrogens with one attached hydrogen (secondary N) is 1. The van der Waals surface area contributed by atoms with E-state index in [-0.39, 0.29) is 12.3 Å². The highest BCUT2D eigenvalue weighted by Gasteiger charge is 2.31. The molecule has 0 unspecified atom stereocenters. The van der Waals surface area contributed by atoms with Gasteiger partial charge in [-0.1, -0.05) is 30.3 Å². The zero-order valence-electron chi connectivity index (χ0n) is 9.65. The number of nitrogens with zero attached hydrogens (tertiary/aromatic N) is 4. The first-order chi connectivity index (χ1) is 8.68. The Bertz CT molecular complexity index is 462. The van der Waals surface area contributed by atoms with Crippen LogP contribution in [-0.2, 0) is 11.2 Å². The van der Waals surface area contributed by atoms with Crippen molar-refractivity contribution in [1.82, 2.24) is 5.32 Å². The third kappa shape index (κ3) is 3.63. The average molecular weight is 263 g/mol. The molecule has 0 saturated heterocycles. The zero-order valence-corrected chi connectivity index (χ0v) is 10.5. The third-order valence-corrected chi connectivity index (χ3v) is 2.76. The largest absolute Gasteiger partial charge is 0.356 e. The van der Waals surface area contributed by atoms with Crippen molar-refractivity contribution in [3.05, 3.63) is 35.9 Å². The van der Waals surface area contributed by atoms with Crippen LogP contribution in [0.4, 0.5) is 0 Å².